The summed E-state index contributed by atoms with van der Waals surface area (Å²) in [6.45, 7) is -0.862. The molecule has 5 aliphatic rings. The Labute approximate surface area is 419 Å². The van der Waals surface area contributed by atoms with E-state index in [1.807, 2.05) is 0 Å². The number of carbonyl (C=O) groups excluding carboxylic acids is 4. The normalized spacial score (nSPS) is 43.6. The molecule has 5 heterocycles. The van der Waals surface area contributed by atoms with Crippen LogP contribution in [-0.4, -0.2) is 298 Å². The molecule has 5 aliphatic heterocycles. The highest BCUT2D eigenvalue weighted by Gasteiger charge is 2.61. The number of carbonyl (C=O) groups is 5. The van der Waals surface area contributed by atoms with E-state index in [9.17, 15) is 101 Å². The van der Waals surface area contributed by atoms with E-state index in [0.29, 0.717) is 0 Å². The van der Waals surface area contributed by atoms with Crippen LogP contribution in [0.15, 0.2) is 0 Å². The van der Waals surface area contributed by atoms with Gasteiger partial charge in [0.05, 0.1) is 45.2 Å². The molecule has 5 saturated heterocycles. The summed E-state index contributed by atoms with van der Waals surface area (Å²) in [5.74, 6) is -8.37. The monoisotopic (exact) mass is 1080 g/mol. The number of nitrogens with one attached hydrogen (secondary N) is 4. The number of aliphatic hydroxyl groups is 14. The van der Waals surface area contributed by atoms with Crippen molar-refractivity contribution in [3.8, 4) is 0 Å². The Morgan fingerprint density at radius 1 is 0.554 bits per heavy atom. The highest BCUT2D eigenvalue weighted by atomic mass is 16.8. The number of hydrogen-bond donors (Lipinski definition) is 19. The lowest BCUT2D eigenvalue weighted by atomic mass is 9.88. The standard InChI is InChI=1S/C41H68N4O29/c1-11(50)42-21-15(54)5-41(40(64)65,73-34(21)25(56)16(55)6-46)74-35-27(58)18(8-48)69-39(31(35)62)71-32-19(9-49)70-37(23(30(32)61)44-13(3)52)66-10-20-28(59)33(24(36(63)67-20)45-14(4)53)72-38-22(43-12(2)51)29(60)26(57)17(7-47)68-38/h15-39,46-49,54-63H,5-10H2,1-4H3,(H,42,50)(H,43,51)(H,44,52)(H,45,53)(H,64,65)/t15-,16+,17+,18+,19+,20+,21+,22+,23+,24+,25+,26+,27-,28-,29+,30+,31+,32+,33+,34+,35-,36+,37+,38-,39-,41-/m0/s1. The fourth-order valence-corrected chi connectivity index (χ4v) is 9.25. The Bertz CT molecular complexity index is 1900. The Kier molecular flexibility index (Phi) is 21.7. The third-order valence-corrected chi connectivity index (χ3v) is 12.9. The number of amides is 4. The van der Waals surface area contributed by atoms with E-state index in [0.717, 1.165) is 27.7 Å². The Morgan fingerprint density at radius 3 is 1.58 bits per heavy atom. The molecule has 0 aromatic heterocycles. The Morgan fingerprint density at radius 2 is 1.04 bits per heavy atom. The second-order valence-electron chi connectivity index (χ2n) is 18.4. The molecule has 0 bridgehead atoms. The molecule has 0 aliphatic carbocycles. The maximum absolute atomic E-state index is 13.0. The number of ether oxygens (including phenoxy) is 9. The van der Waals surface area contributed by atoms with Gasteiger partial charge in [-0.25, -0.2) is 4.79 Å². The highest BCUT2D eigenvalue weighted by molar-refractivity contribution is 5.77. The third kappa shape index (κ3) is 13.7. The van der Waals surface area contributed by atoms with Crippen molar-refractivity contribution in [2.45, 2.75) is 193 Å². The summed E-state index contributed by atoms with van der Waals surface area (Å²) in [7, 11) is 0. The zero-order valence-corrected chi connectivity index (χ0v) is 40.1. The SMILES string of the molecule is CC(=O)N[C@@H]1[C@@H](O[C@@H]2O[C@H](CO)[C@@H](O)[C@H](O)[C@H]2NC(C)=O)[C@@H](O)[C@@H](CO[C@@H]2O[C@H](CO)[C@@H](O[C@@H]3O[C@H](CO)[C@H](O)[C@H](O[C@]4(C(=O)O)C[C@H](O)[C@@H](NC(C)=O)[C@H]([C@H](O)[C@H](O)CO)O4)[C@H]3O)[C@H](O)[C@H]2NC(C)=O)O[C@H]1O. The lowest BCUT2D eigenvalue weighted by molar-refractivity contribution is -0.383. The molecule has 74 heavy (non-hydrogen) atoms. The van der Waals surface area contributed by atoms with Crippen LogP contribution in [0.4, 0.5) is 0 Å². The first kappa shape index (κ1) is 61.3. The molecule has 0 aromatic carbocycles. The number of aliphatic hydroxyl groups excluding tert-OH is 14. The van der Waals surface area contributed by atoms with E-state index in [1.165, 1.54) is 0 Å². The molecule has 19 N–H and O–H groups in total. The average molecular weight is 1080 g/mol. The minimum atomic E-state index is -3.16. The lowest BCUT2D eigenvalue weighted by Gasteiger charge is -2.51. The molecule has 426 valence electrons. The highest BCUT2D eigenvalue weighted by Crippen LogP contribution is 2.39. The molecule has 33 nitrogen and oxygen atoms in total. The van der Waals surface area contributed by atoms with Gasteiger partial charge < -0.3 is 140 Å². The van der Waals surface area contributed by atoms with Crippen LogP contribution in [0.1, 0.15) is 34.1 Å². The maximum atomic E-state index is 13.0. The quantitative estimate of drug-likeness (QED) is 0.0538. The molecule has 0 radical (unpaired) electrons. The van der Waals surface area contributed by atoms with Crippen LogP contribution in [0, 0.1) is 0 Å². The van der Waals surface area contributed by atoms with Gasteiger partial charge in [0.1, 0.15) is 116 Å². The summed E-state index contributed by atoms with van der Waals surface area (Å²) >= 11 is 0. The number of rotatable bonds is 20. The van der Waals surface area contributed by atoms with Crippen LogP contribution in [0.25, 0.3) is 0 Å². The van der Waals surface area contributed by atoms with Gasteiger partial charge in [0, 0.05) is 34.1 Å². The van der Waals surface area contributed by atoms with Crippen molar-refractivity contribution in [2.75, 3.05) is 33.0 Å². The van der Waals surface area contributed by atoms with Crippen LogP contribution < -0.4 is 21.3 Å². The first-order valence-electron chi connectivity index (χ1n) is 23.2. The predicted octanol–water partition coefficient (Wildman–Crippen LogP) is -12.1. The summed E-state index contributed by atoms with van der Waals surface area (Å²) < 4.78 is 51.6. The minimum absolute atomic E-state index is 0.738. The topological polar surface area (TPSA) is 520 Å². The van der Waals surface area contributed by atoms with Gasteiger partial charge in [0.2, 0.25) is 23.6 Å². The van der Waals surface area contributed by atoms with Crippen LogP contribution in [0.3, 0.4) is 0 Å². The van der Waals surface area contributed by atoms with E-state index in [4.69, 9.17) is 42.6 Å². The van der Waals surface area contributed by atoms with E-state index in [2.05, 4.69) is 21.3 Å². The van der Waals surface area contributed by atoms with Crippen molar-refractivity contribution >= 4 is 29.6 Å². The largest absolute Gasteiger partial charge is 0.477 e. The molecular weight excluding hydrogens is 1010 g/mol. The van der Waals surface area contributed by atoms with Gasteiger partial charge in [0.15, 0.2) is 25.2 Å². The molecule has 0 aromatic rings. The maximum Gasteiger partial charge on any atom is 0.364 e. The average Bonchev–Trinajstić information content (AvgIpc) is 3.33. The van der Waals surface area contributed by atoms with E-state index >= 15 is 0 Å². The van der Waals surface area contributed by atoms with Gasteiger partial charge >= 0.3 is 5.97 Å². The molecule has 33 heteroatoms. The van der Waals surface area contributed by atoms with Crippen molar-refractivity contribution in [1.29, 1.82) is 0 Å². The van der Waals surface area contributed by atoms with Crippen molar-refractivity contribution in [1.82, 2.24) is 21.3 Å². The zero-order valence-electron chi connectivity index (χ0n) is 40.1. The predicted molar refractivity (Wildman–Crippen MR) is 230 cm³/mol. The first-order chi connectivity index (χ1) is 34.7. The van der Waals surface area contributed by atoms with E-state index < -0.39 is 228 Å². The van der Waals surface area contributed by atoms with E-state index in [-0.39, 0.29) is 0 Å². The number of carboxylic acids is 1. The van der Waals surface area contributed by atoms with Crippen LogP contribution in [-0.2, 0) is 66.6 Å². The van der Waals surface area contributed by atoms with E-state index in [1.54, 1.807) is 0 Å². The fraction of sp³-hybridized carbons (Fsp3) is 0.878. The van der Waals surface area contributed by atoms with Crippen LogP contribution in [0.2, 0.25) is 0 Å². The Hall–Kier alpha value is -3.57. The summed E-state index contributed by atoms with van der Waals surface area (Å²) in [5, 5.41) is 171. The first-order valence-corrected chi connectivity index (χ1v) is 23.2. The smallest absolute Gasteiger partial charge is 0.364 e. The molecule has 0 spiro atoms. The van der Waals surface area contributed by atoms with Gasteiger partial charge in [-0.3, -0.25) is 19.2 Å². The third-order valence-electron chi connectivity index (χ3n) is 12.9. The van der Waals surface area contributed by atoms with Gasteiger partial charge in [0.25, 0.3) is 5.79 Å². The van der Waals surface area contributed by atoms with Gasteiger partial charge in [-0.15, -0.1) is 0 Å². The summed E-state index contributed by atoms with van der Waals surface area (Å²) in [5.41, 5.74) is 0. The zero-order chi connectivity index (χ0) is 55.3. The second kappa shape index (κ2) is 26.2. The molecular formula is C41H68N4O29. The lowest BCUT2D eigenvalue weighted by Crippen LogP contribution is -2.71. The minimum Gasteiger partial charge on any atom is -0.477 e. The van der Waals surface area contributed by atoms with Gasteiger partial charge in [-0.1, -0.05) is 0 Å². The van der Waals surface area contributed by atoms with Crippen molar-refractivity contribution in [2.24, 2.45) is 0 Å². The Balaban J connectivity index is 1.38. The molecule has 26 atom stereocenters. The molecule has 0 saturated carbocycles. The number of carboxylic acid groups (broad SMARTS) is 1. The van der Waals surface area contributed by atoms with Gasteiger partial charge in [-0.05, 0) is 0 Å². The number of aliphatic carboxylic acids is 1. The molecule has 0 unspecified atom stereocenters. The molecule has 5 rings (SSSR count). The van der Waals surface area contributed by atoms with Crippen molar-refractivity contribution in [3.63, 3.8) is 0 Å². The summed E-state index contributed by atoms with van der Waals surface area (Å²) in [6.07, 6.45) is -42.0. The fourth-order valence-electron chi connectivity index (χ4n) is 9.25. The summed E-state index contributed by atoms with van der Waals surface area (Å²) in [4.78, 5) is 61.8. The van der Waals surface area contributed by atoms with Crippen LogP contribution in [0.5, 0.6) is 0 Å². The second-order valence-corrected chi connectivity index (χ2v) is 18.4. The molecule has 5 fully saturated rings. The van der Waals surface area contributed by atoms with Crippen molar-refractivity contribution in [3.05, 3.63) is 0 Å². The van der Waals surface area contributed by atoms with Crippen molar-refractivity contribution < 1.29 is 143 Å². The number of hydrogen-bond acceptors (Lipinski definition) is 28. The van der Waals surface area contributed by atoms with Crippen LogP contribution >= 0.6 is 0 Å². The molecule has 4 amide bonds. The van der Waals surface area contributed by atoms with Gasteiger partial charge in [-0.2, -0.15) is 0 Å². The summed E-state index contributed by atoms with van der Waals surface area (Å²) in [6, 6.07) is -6.54.